The van der Waals surface area contributed by atoms with Crippen LogP contribution in [-0.4, -0.2) is 89.4 Å². The van der Waals surface area contributed by atoms with Crippen LogP contribution in [-0.2, 0) is 20.9 Å². The number of amides is 3. The molecule has 4 N–H and O–H groups in total. The second-order valence-electron chi connectivity index (χ2n) is 13.9. The highest BCUT2D eigenvalue weighted by molar-refractivity contribution is 6.03. The number of carbonyl (C=O) groups is 3. The van der Waals surface area contributed by atoms with Gasteiger partial charge in [-0.3, -0.25) is 19.3 Å². The summed E-state index contributed by atoms with van der Waals surface area (Å²) in [7, 11) is 3.23. The van der Waals surface area contributed by atoms with Crippen molar-refractivity contribution in [2.45, 2.75) is 84.5 Å². The van der Waals surface area contributed by atoms with Gasteiger partial charge in [-0.1, -0.05) is 39.3 Å². The van der Waals surface area contributed by atoms with E-state index in [1.165, 1.54) is 38.3 Å². The summed E-state index contributed by atoms with van der Waals surface area (Å²) in [6, 6.07) is 10.00. The number of fused-ring (bicyclic) bond motifs is 1. The third-order valence-electron chi connectivity index (χ3n) is 9.35. The number of benzene rings is 2. The molecule has 0 aliphatic carbocycles. The minimum Gasteiger partial charge on any atom is -0.494 e. The number of nitrogens with zero attached hydrogens (tertiary/aromatic N) is 4. The lowest BCUT2D eigenvalue weighted by Gasteiger charge is -2.36. The van der Waals surface area contributed by atoms with E-state index in [4.69, 9.17) is 4.74 Å². The molecule has 1 aromatic heterocycles. The predicted octanol–water partition coefficient (Wildman–Crippen LogP) is 4.44. The van der Waals surface area contributed by atoms with E-state index in [9.17, 15) is 14.4 Å². The number of likely N-dealkylation sites (N-methyl/N-ethyl adjacent to an activating group) is 1. The number of aromatic nitrogens is 2. The van der Waals surface area contributed by atoms with E-state index in [2.05, 4.69) is 60.4 Å². The van der Waals surface area contributed by atoms with Gasteiger partial charge in [0, 0.05) is 30.2 Å². The summed E-state index contributed by atoms with van der Waals surface area (Å²) in [5.41, 5.74) is 2.70. The molecule has 0 spiro atoms. The number of rotatable bonds is 11. The molecule has 2 fully saturated rings. The van der Waals surface area contributed by atoms with Crippen molar-refractivity contribution >= 4 is 45.8 Å². The summed E-state index contributed by atoms with van der Waals surface area (Å²) < 4.78 is 5.65. The van der Waals surface area contributed by atoms with Crippen LogP contribution in [0.15, 0.2) is 42.7 Å². The van der Waals surface area contributed by atoms with Gasteiger partial charge in [-0.25, -0.2) is 9.97 Å². The van der Waals surface area contributed by atoms with E-state index in [1.807, 2.05) is 20.8 Å². The van der Waals surface area contributed by atoms with Crippen molar-refractivity contribution in [2.24, 2.45) is 5.41 Å². The highest BCUT2D eigenvalue weighted by atomic mass is 16.5. The fourth-order valence-electron chi connectivity index (χ4n) is 6.39. The first-order valence-electron chi connectivity index (χ1n) is 17.0. The van der Waals surface area contributed by atoms with Crippen LogP contribution >= 0.6 is 0 Å². The van der Waals surface area contributed by atoms with Crippen molar-refractivity contribution in [1.82, 2.24) is 30.4 Å². The predicted molar refractivity (Wildman–Crippen MR) is 188 cm³/mol. The Kier molecular flexibility index (Phi) is 11.2. The number of nitrogens with one attached hydrogen (secondary N) is 4. The molecule has 3 atom stereocenters. The monoisotopic (exact) mass is 658 g/mol. The lowest BCUT2D eigenvalue weighted by atomic mass is 9.85. The van der Waals surface area contributed by atoms with Gasteiger partial charge in [-0.15, -0.1) is 0 Å². The maximum absolute atomic E-state index is 13.9. The molecular formula is C36H50N8O4. The van der Waals surface area contributed by atoms with Gasteiger partial charge in [0.05, 0.1) is 24.4 Å². The van der Waals surface area contributed by atoms with Crippen LogP contribution in [0.25, 0.3) is 10.9 Å². The van der Waals surface area contributed by atoms with Crippen LogP contribution in [0.2, 0.25) is 0 Å². The molecule has 2 aliphatic rings. The van der Waals surface area contributed by atoms with Crippen molar-refractivity contribution in [2.75, 3.05) is 44.4 Å². The summed E-state index contributed by atoms with van der Waals surface area (Å²) in [4.78, 5) is 53.5. The third-order valence-corrected chi connectivity index (χ3v) is 9.35. The number of ether oxygens (including phenoxy) is 1. The van der Waals surface area contributed by atoms with Gasteiger partial charge in [0.2, 0.25) is 17.7 Å². The summed E-state index contributed by atoms with van der Waals surface area (Å²) in [6.45, 7) is 11.1. The molecule has 3 amide bonds. The molecule has 2 aliphatic heterocycles. The average Bonchev–Trinajstić information content (AvgIpc) is 3.58. The molecule has 3 unspecified atom stereocenters. The first-order chi connectivity index (χ1) is 23.0. The first-order valence-corrected chi connectivity index (χ1v) is 17.0. The molecule has 5 rings (SSSR count). The molecule has 0 saturated carbocycles. The zero-order chi connectivity index (χ0) is 34.4. The smallest absolute Gasteiger partial charge is 0.247 e. The van der Waals surface area contributed by atoms with Crippen molar-refractivity contribution in [1.29, 1.82) is 0 Å². The van der Waals surface area contributed by atoms with Crippen LogP contribution in [0, 0.1) is 5.41 Å². The Morgan fingerprint density at radius 3 is 2.40 bits per heavy atom. The molecule has 48 heavy (non-hydrogen) atoms. The van der Waals surface area contributed by atoms with E-state index in [1.54, 1.807) is 31.0 Å². The maximum atomic E-state index is 13.9. The number of hydrogen-bond donors (Lipinski definition) is 4. The van der Waals surface area contributed by atoms with E-state index in [-0.39, 0.29) is 17.7 Å². The number of likely N-dealkylation sites (tertiary alicyclic amines) is 2. The molecule has 258 valence electrons. The fourth-order valence-corrected chi connectivity index (χ4v) is 6.39. The van der Waals surface area contributed by atoms with Crippen LogP contribution in [0.5, 0.6) is 5.75 Å². The van der Waals surface area contributed by atoms with Crippen molar-refractivity contribution < 1.29 is 19.1 Å². The first kappa shape index (κ1) is 35.0. The zero-order valence-corrected chi connectivity index (χ0v) is 29.1. The Hall–Kier alpha value is -4.29. The van der Waals surface area contributed by atoms with Crippen LogP contribution in [0.3, 0.4) is 0 Å². The van der Waals surface area contributed by atoms with Gasteiger partial charge in [-0.2, -0.15) is 0 Å². The van der Waals surface area contributed by atoms with Crippen LogP contribution < -0.4 is 26.0 Å². The molecular weight excluding hydrogens is 608 g/mol. The zero-order valence-electron chi connectivity index (χ0n) is 29.1. The van der Waals surface area contributed by atoms with E-state index >= 15 is 0 Å². The Balaban J connectivity index is 1.34. The summed E-state index contributed by atoms with van der Waals surface area (Å²) in [5.74, 6) is 0.172. The Bertz CT molecular complexity index is 1600. The summed E-state index contributed by atoms with van der Waals surface area (Å²) in [6.07, 6.45) is 6.52. The summed E-state index contributed by atoms with van der Waals surface area (Å²) in [5, 5.41) is 13.0. The van der Waals surface area contributed by atoms with E-state index in [0.717, 1.165) is 25.3 Å². The Morgan fingerprint density at radius 2 is 1.73 bits per heavy atom. The third kappa shape index (κ3) is 8.22. The molecule has 0 radical (unpaired) electrons. The quantitative estimate of drug-likeness (QED) is 0.235. The second-order valence-corrected chi connectivity index (χ2v) is 13.9. The molecule has 2 aromatic carbocycles. The molecule has 12 heteroatoms. The topological polar surface area (TPSA) is 141 Å². The lowest BCUT2D eigenvalue weighted by Crippen LogP contribution is -2.59. The van der Waals surface area contributed by atoms with Crippen molar-refractivity contribution in [3.05, 3.63) is 48.3 Å². The van der Waals surface area contributed by atoms with Gasteiger partial charge in [-0.05, 0) is 81.9 Å². The molecule has 3 heterocycles. The van der Waals surface area contributed by atoms with E-state index < -0.39 is 23.5 Å². The standard InChI is InChI=1S/C36H50N8O4/c1-23(37-5)33(45)42-31(36(2,3)4)35(47)44-18-10-11-29(44)34(46)41-28-19-26-27(20-30(28)48-6)38-22-39-32(26)40-25-14-12-24(13-15-25)21-43-16-8-7-9-17-43/h12-15,19-20,22-23,29,31,37H,7-11,16-18,21H2,1-6H3,(H,41,46)(H,42,45)(H,38,39,40). The number of anilines is 3. The molecule has 2 saturated heterocycles. The molecule has 0 bridgehead atoms. The SMILES string of the molecule is CNC(C)C(=O)NC(C(=O)N1CCCC1C(=O)Nc1cc2c(Nc3ccc(CN4CCCCC4)cc3)ncnc2cc1OC)C(C)(C)C. The number of piperidine rings is 1. The number of hydrogen-bond acceptors (Lipinski definition) is 9. The minimum absolute atomic E-state index is 0.271. The Morgan fingerprint density at radius 1 is 1.00 bits per heavy atom. The lowest BCUT2D eigenvalue weighted by molar-refractivity contribution is -0.143. The van der Waals surface area contributed by atoms with Crippen molar-refractivity contribution in [3.63, 3.8) is 0 Å². The normalized spacial score (nSPS) is 18.3. The van der Waals surface area contributed by atoms with Gasteiger partial charge in [0.1, 0.15) is 30.0 Å². The Labute approximate surface area is 283 Å². The maximum Gasteiger partial charge on any atom is 0.247 e. The second kappa shape index (κ2) is 15.3. The largest absolute Gasteiger partial charge is 0.494 e. The number of methoxy groups -OCH3 is 1. The average molecular weight is 659 g/mol. The number of carbonyl (C=O) groups excluding carboxylic acids is 3. The van der Waals surface area contributed by atoms with Crippen molar-refractivity contribution in [3.8, 4) is 5.75 Å². The van der Waals surface area contributed by atoms with Crippen LogP contribution in [0.1, 0.15) is 65.4 Å². The van der Waals surface area contributed by atoms with Gasteiger partial charge >= 0.3 is 0 Å². The summed E-state index contributed by atoms with van der Waals surface area (Å²) >= 11 is 0. The van der Waals surface area contributed by atoms with Gasteiger partial charge < -0.3 is 30.9 Å². The van der Waals surface area contributed by atoms with E-state index in [0.29, 0.717) is 47.5 Å². The molecule has 3 aromatic rings. The van der Waals surface area contributed by atoms with Crippen LogP contribution in [0.4, 0.5) is 17.2 Å². The van der Waals surface area contributed by atoms with Gasteiger partial charge in [0.25, 0.3) is 0 Å². The highest BCUT2D eigenvalue weighted by Gasteiger charge is 2.42. The fraction of sp³-hybridized carbons (Fsp3) is 0.528. The minimum atomic E-state index is -0.797. The van der Waals surface area contributed by atoms with Gasteiger partial charge in [0.15, 0.2) is 0 Å². The highest BCUT2D eigenvalue weighted by Crippen LogP contribution is 2.34. The molecule has 12 nitrogen and oxygen atoms in total.